The van der Waals surface area contributed by atoms with Crippen molar-refractivity contribution in [1.82, 2.24) is 15.3 Å². The fourth-order valence-corrected chi connectivity index (χ4v) is 3.00. The van der Waals surface area contributed by atoms with Crippen LogP contribution >= 0.6 is 0 Å². The minimum atomic E-state index is -0.440. The molecule has 0 aliphatic carbocycles. The highest BCUT2D eigenvalue weighted by Crippen LogP contribution is 2.29. The first kappa shape index (κ1) is 17.1. The van der Waals surface area contributed by atoms with Crippen molar-refractivity contribution in [3.63, 3.8) is 0 Å². The van der Waals surface area contributed by atoms with Crippen LogP contribution in [0.2, 0.25) is 0 Å². The van der Waals surface area contributed by atoms with Crippen LogP contribution in [-0.4, -0.2) is 48.2 Å². The van der Waals surface area contributed by atoms with Crippen molar-refractivity contribution in [3.05, 3.63) is 40.7 Å². The van der Waals surface area contributed by atoms with Crippen molar-refractivity contribution in [3.8, 4) is 17.0 Å². The van der Waals surface area contributed by atoms with Crippen LogP contribution in [-0.2, 0) is 0 Å². The van der Waals surface area contributed by atoms with E-state index in [4.69, 9.17) is 4.74 Å². The molecule has 0 saturated carbocycles. The topological polar surface area (TPSA) is 93.4 Å². The molecule has 1 fully saturated rings. The number of methoxy groups -OCH3 is 1. The molecule has 1 N–H and O–H groups in total. The van der Waals surface area contributed by atoms with Gasteiger partial charge in [0.1, 0.15) is 11.6 Å². The summed E-state index contributed by atoms with van der Waals surface area (Å²) in [6.07, 6.45) is 5.43. The van der Waals surface area contributed by atoms with Crippen LogP contribution in [0, 0.1) is 10.1 Å². The van der Waals surface area contributed by atoms with E-state index in [0.717, 1.165) is 31.7 Å². The molecule has 0 unspecified atom stereocenters. The minimum Gasteiger partial charge on any atom is -0.496 e. The molecule has 2 heterocycles. The molecule has 1 aromatic heterocycles. The number of nitro groups is 1. The van der Waals surface area contributed by atoms with E-state index in [1.54, 1.807) is 18.5 Å². The number of aromatic nitrogens is 2. The van der Waals surface area contributed by atoms with E-state index < -0.39 is 4.92 Å². The second-order valence-corrected chi connectivity index (χ2v) is 6.03. The van der Waals surface area contributed by atoms with Gasteiger partial charge in [-0.3, -0.25) is 15.1 Å². The number of rotatable bonds is 5. The van der Waals surface area contributed by atoms with Gasteiger partial charge in [-0.2, -0.15) is 0 Å². The number of anilines is 1. The Hall–Kier alpha value is -2.74. The van der Waals surface area contributed by atoms with Crippen LogP contribution < -0.4 is 15.0 Å². The smallest absolute Gasteiger partial charge is 0.273 e. The SMILES string of the molecule is COc1cc(-c2cncc(N(C)C3CCNCC3)n2)cc([N+](=O)[O-])c1. The van der Waals surface area contributed by atoms with Crippen molar-refractivity contribution in [2.45, 2.75) is 18.9 Å². The van der Waals surface area contributed by atoms with E-state index >= 15 is 0 Å². The van der Waals surface area contributed by atoms with Gasteiger partial charge in [0.2, 0.25) is 0 Å². The van der Waals surface area contributed by atoms with Crippen molar-refractivity contribution in [1.29, 1.82) is 0 Å². The first-order chi connectivity index (χ1) is 12.1. The summed E-state index contributed by atoms with van der Waals surface area (Å²) >= 11 is 0. The largest absolute Gasteiger partial charge is 0.496 e. The van der Waals surface area contributed by atoms with Gasteiger partial charge >= 0.3 is 0 Å². The van der Waals surface area contributed by atoms with Crippen LogP contribution in [0.25, 0.3) is 11.3 Å². The molecule has 0 spiro atoms. The summed E-state index contributed by atoms with van der Waals surface area (Å²) in [5, 5.41) is 14.5. The lowest BCUT2D eigenvalue weighted by atomic mass is 10.1. The van der Waals surface area contributed by atoms with Gasteiger partial charge < -0.3 is 15.0 Å². The summed E-state index contributed by atoms with van der Waals surface area (Å²) < 4.78 is 5.17. The van der Waals surface area contributed by atoms with Gasteiger partial charge in [-0.15, -0.1) is 0 Å². The van der Waals surface area contributed by atoms with Gasteiger partial charge in [0.25, 0.3) is 5.69 Å². The summed E-state index contributed by atoms with van der Waals surface area (Å²) in [5.41, 5.74) is 1.16. The molecule has 1 saturated heterocycles. The molecule has 8 heteroatoms. The summed E-state index contributed by atoms with van der Waals surface area (Å²) in [4.78, 5) is 21.8. The zero-order chi connectivity index (χ0) is 17.8. The average Bonchev–Trinajstić information content (AvgIpc) is 2.67. The molecule has 0 radical (unpaired) electrons. The monoisotopic (exact) mass is 343 g/mol. The van der Waals surface area contributed by atoms with Gasteiger partial charge in [0.05, 0.1) is 36.2 Å². The fourth-order valence-electron chi connectivity index (χ4n) is 3.00. The minimum absolute atomic E-state index is 0.0340. The zero-order valence-electron chi connectivity index (χ0n) is 14.3. The van der Waals surface area contributed by atoms with Crippen LogP contribution in [0.4, 0.5) is 11.5 Å². The Morgan fingerprint density at radius 2 is 2.04 bits per heavy atom. The molecule has 3 rings (SSSR count). The summed E-state index contributed by atoms with van der Waals surface area (Å²) in [7, 11) is 3.49. The van der Waals surface area contributed by atoms with Crippen LogP contribution in [0.1, 0.15) is 12.8 Å². The molecular weight excluding hydrogens is 322 g/mol. The van der Waals surface area contributed by atoms with Gasteiger partial charge in [-0.05, 0) is 32.0 Å². The lowest BCUT2D eigenvalue weighted by molar-refractivity contribution is -0.384. The average molecular weight is 343 g/mol. The maximum Gasteiger partial charge on any atom is 0.273 e. The number of hydrogen-bond acceptors (Lipinski definition) is 7. The van der Waals surface area contributed by atoms with Crippen molar-refractivity contribution in [2.24, 2.45) is 0 Å². The maximum atomic E-state index is 11.1. The molecule has 2 aromatic rings. The quantitative estimate of drug-likeness (QED) is 0.657. The molecule has 132 valence electrons. The third kappa shape index (κ3) is 3.85. The Bertz CT molecular complexity index is 762. The van der Waals surface area contributed by atoms with Crippen LogP contribution in [0.3, 0.4) is 0 Å². The lowest BCUT2D eigenvalue weighted by Crippen LogP contribution is -2.41. The highest BCUT2D eigenvalue weighted by molar-refractivity contribution is 5.66. The summed E-state index contributed by atoms with van der Waals surface area (Å²) in [6.45, 7) is 1.98. The van der Waals surface area contributed by atoms with Crippen LogP contribution in [0.5, 0.6) is 5.75 Å². The van der Waals surface area contributed by atoms with Gasteiger partial charge in [0, 0.05) is 24.7 Å². The molecule has 1 aliphatic rings. The number of ether oxygens (including phenoxy) is 1. The second kappa shape index (κ2) is 7.43. The number of nitrogens with zero attached hydrogens (tertiary/aromatic N) is 4. The van der Waals surface area contributed by atoms with E-state index in [0.29, 0.717) is 23.0 Å². The predicted octanol–water partition coefficient (Wildman–Crippen LogP) is 2.25. The fraction of sp³-hybridized carbons (Fsp3) is 0.412. The first-order valence-corrected chi connectivity index (χ1v) is 8.18. The van der Waals surface area contributed by atoms with Crippen LogP contribution in [0.15, 0.2) is 30.6 Å². The van der Waals surface area contributed by atoms with E-state index in [2.05, 4.69) is 20.2 Å². The van der Waals surface area contributed by atoms with Gasteiger partial charge in [0.15, 0.2) is 0 Å². The molecule has 1 aromatic carbocycles. The van der Waals surface area contributed by atoms with Crippen molar-refractivity contribution in [2.75, 3.05) is 32.1 Å². The number of nitro benzene ring substituents is 1. The van der Waals surface area contributed by atoms with Crippen molar-refractivity contribution >= 4 is 11.5 Å². The third-order valence-electron chi connectivity index (χ3n) is 4.47. The summed E-state index contributed by atoms with van der Waals surface area (Å²) in [5.74, 6) is 1.18. The Balaban J connectivity index is 1.93. The van der Waals surface area contributed by atoms with E-state index in [-0.39, 0.29) is 5.69 Å². The number of benzene rings is 1. The molecule has 0 bridgehead atoms. The molecule has 25 heavy (non-hydrogen) atoms. The number of nitrogens with one attached hydrogen (secondary N) is 1. The third-order valence-corrected chi connectivity index (χ3v) is 4.47. The van der Waals surface area contributed by atoms with E-state index in [1.807, 2.05) is 7.05 Å². The summed E-state index contributed by atoms with van der Waals surface area (Å²) in [6, 6.07) is 5.01. The lowest BCUT2D eigenvalue weighted by Gasteiger charge is -2.32. The Morgan fingerprint density at radius 1 is 1.28 bits per heavy atom. The number of piperidine rings is 1. The van der Waals surface area contributed by atoms with E-state index in [1.165, 1.54) is 19.2 Å². The van der Waals surface area contributed by atoms with Gasteiger partial charge in [-0.25, -0.2) is 4.98 Å². The first-order valence-electron chi connectivity index (χ1n) is 8.18. The molecule has 1 aliphatic heterocycles. The van der Waals surface area contributed by atoms with E-state index in [9.17, 15) is 10.1 Å². The molecule has 0 atom stereocenters. The predicted molar refractivity (Wildman–Crippen MR) is 95.0 cm³/mol. The van der Waals surface area contributed by atoms with Gasteiger partial charge in [-0.1, -0.05) is 0 Å². The number of hydrogen-bond donors (Lipinski definition) is 1. The molecule has 0 amide bonds. The maximum absolute atomic E-state index is 11.1. The highest BCUT2D eigenvalue weighted by atomic mass is 16.6. The standard InChI is InChI=1S/C17H21N5O3/c1-21(13-3-5-18-6-4-13)17-11-19-10-16(20-17)12-7-14(22(23)24)9-15(8-12)25-2/h7-11,13,18H,3-6H2,1-2H3. The molecular formula is C17H21N5O3. The Morgan fingerprint density at radius 3 is 2.72 bits per heavy atom. The normalized spacial score (nSPS) is 15.0. The Kier molecular flexibility index (Phi) is 5.08. The number of non-ortho nitro benzene ring substituents is 1. The second-order valence-electron chi connectivity index (χ2n) is 6.03. The van der Waals surface area contributed by atoms with Crippen molar-refractivity contribution < 1.29 is 9.66 Å². The zero-order valence-corrected chi connectivity index (χ0v) is 14.3. The Labute approximate surface area is 146 Å². The highest BCUT2D eigenvalue weighted by Gasteiger charge is 2.20. The molecule has 8 nitrogen and oxygen atoms in total.